The van der Waals surface area contributed by atoms with Crippen molar-refractivity contribution in [2.45, 2.75) is 76.0 Å². The van der Waals surface area contributed by atoms with Gasteiger partial charge in [0, 0.05) is 5.25 Å². The Morgan fingerprint density at radius 2 is 1.18 bits per heavy atom. The molecule has 0 radical (unpaired) electrons. The van der Waals surface area contributed by atoms with Crippen LogP contribution in [0.5, 0.6) is 0 Å². The lowest BCUT2D eigenvalue weighted by molar-refractivity contribution is -0.112. The smallest absolute Gasteiger partial charge is 0.100 e. The number of hydrogen-bond acceptors (Lipinski definition) is 3. The maximum atomic E-state index is 6.84. The third-order valence-corrected chi connectivity index (χ3v) is 10.1. The van der Waals surface area contributed by atoms with Gasteiger partial charge in [-0.05, 0) is 58.6 Å². The molecule has 4 aromatic carbocycles. The summed E-state index contributed by atoms with van der Waals surface area (Å²) in [5.41, 5.74) is 7.82. The first-order chi connectivity index (χ1) is 19.6. The lowest BCUT2D eigenvalue weighted by Crippen LogP contribution is -2.48. The first-order valence-electron chi connectivity index (χ1n) is 14.8. The summed E-state index contributed by atoms with van der Waals surface area (Å²) in [5, 5.41) is 0.709. The van der Waals surface area contributed by atoms with Crippen molar-refractivity contribution in [2.24, 2.45) is 5.92 Å². The molecule has 2 nitrogen and oxygen atoms in total. The van der Waals surface area contributed by atoms with E-state index in [0.717, 1.165) is 19.3 Å². The van der Waals surface area contributed by atoms with Gasteiger partial charge in [-0.25, -0.2) is 0 Å². The van der Waals surface area contributed by atoms with Gasteiger partial charge in [0.25, 0.3) is 0 Å². The highest BCUT2D eigenvalue weighted by Crippen LogP contribution is 2.49. The van der Waals surface area contributed by atoms with Gasteiger partial charge in [-0.15, -0.1) is 11.8 Å². The molecule has 0 unspecified atom stereocenters. The van der Waals surface area contributed by atoms with E-state index in [1.165, 1.54) is 33.4 Å². The van der Waals surface area contributed by atoms with Crippen molar-refractivity contribution in [1.82, 2.24) is 0 Å². The third-order valence-electron chi connectivity index (χ3n) is 8.14. The predicted octanol–water partition coefficient (Wildman–Crippen LogP) is 9.21. The lowest BCUT2D eigenvalue weighted by atomic mass is 9.89. The van der Waals surface area contributed by atoms with Gasteiger partial charge < -0.3 is 9.47 Å². The van der Waals surface area contributed by atoms with Crippen molar-refractivity contribution < 1.29 is 9.47 Å². The quantitative estimate of drug-likeness (QED) is 0.185. The molecule has 1 saturated heterocycles. The summed E-state index contributed by atoms with van der Waals surface area (Å²) in [6.45, 7) is 8.05. The van der Waals surface area contributed by atoms with Crippen LogP contribution in [0.3, 0.4) is 0 Å². The molecule has 3 heteroatoms. The molecule has 0 saturated carbocycles. The molecule has 1 aliphatic heterocycles. The fraction of sp³-hybridized carbons (Fsp3) is 0.351. The minimum Gasteiger partial charge on any atom is -0.370 e. The zero-order chi connectivity index (χ0) is 27.7. The molecule has 1 aliphatic rings. The Bertz CT molecular complexity index is 1310. The monoisotopic (exact) mass is 550 g/mol. The van der Waals surface area contributed by atoms with Gasteiger partial charge in [-0.1, -0.05) is 130 Å². The molecule has 4 aromatic rings. The van der Waals surface area contributed by atoms with E-state index in [1.54, 1.807) is 0 Å². The number of hydrogen-bond donors (Lipinski definition) is 0. The second kappa shape index (κ2) is 14.2. The molecule has 0 aliphatic carbocycles. The first-order valence-corrected chi connectivity index (χ1v) is 15.7. The van der Waals surface area contributed by atoms with Crippen LogP contribution in [-0.2, 0) is 35.5 Å². The SMILES string of the molecule is CCc1ccc(Cc2cccc([C@@H]3S[C@H](CC)[C@@H](C)[C@H](OCc4ccccc4)[C@H]3OCc3ccccc3)c2)cc1. The summed E-state index contributed by atoms with van der Waals surface area (Å²) in [4.78, 5) is 0. The zero-order valence-electron chi connectivity index (χ0n) is 24.0. The Balaban J connectivity index is 1.43. The van der Waals surface area contributed by atoms with Gasteiger partial charge in [0.05, 0.1) is 24.6 Å². The van der Waals surface area contributed by atoms with Gasteiger partial charge in [0.1, 0.15) is 6.10 Å². The summed E-state index contributed by atoms with van der Waals surface area (Å²) in [6.07, 6.45) is 3.08. The van der Waals surface area contributed by atoms with Crippen LogP contribution < -0.4 is 0 Å². The predicted molar refractivity (Wildman–Crippen MR) is 169 cm³/mol. The number of benzene rings is 4. The molecule has 5 atom stereocenters. The average Bonchev–Trinajstić information content (AvgIpc) is 3.01. The third kappa shape index (κ3) is 7.26. The first kappa shape index (κ1) is 28.7. The number of aryl methyl sites for hydroxylation is 1. The fourth-order valence-electron chi connectivity index (χ4n) is 5.78. The van der Waals surface area contributed by atoms with E-state index >= 15 is 0 Å². The van der Waals surface area contributed by atoms with E-state index < -0.39 is 0 Å². The molecule has 1 heterocycles. The van der Waals surface area contributed by atoms with E-state index in [1.807, 2.05) is 0 Å². The van der Waals surface area contributed by atoms with E-state index in [2.05, 4.69) is 142 Å². The molecule has 5 rings (SSSR count). The van der Waals surface area contributed by atoms with Crippen LogP contribution in [-0.4, -0.2) is 17.5 Å². The summed E-state index contributed by atoms with van der Waals surface area (Å²) in [7, 11) is 0. The number of ether oxygens (including phenoxy) is 2. The molecule has 1 fully saturated rings. The molecule has 0 aromatic heterocycles. The van der Waals surface area contributed by atoms with Crippen LogP contribution in [0.1, 0.15) is 65.8 Å². The summed E-state index contributed by atoms with van der Waals surface area (Å²) in [5.74, 6) is 0.385. The van der Waals surface area contributed by atoms with Gasteiger partial charge in [0.15, 0.2) is 0 Å². The Hall–Kier alpha value is -2.85. The van der Waals surface area contributed by atoms with Crippen molar-refractivity contribution in [3.8, 4) is 0 Å². The molecule has 208 valence electrons. The number of thioether (sulfide) groups is 1. The maximum Gasteiger partial charge on any atom is 0.100 e. The van der Waals surface area contributed by atoms with E-state index in [4.69, 9.17) is 9.47 Å². The standard InChI is InChI=1S/C37H42O2S/c1-4-28-19-21-29(22-20-28)23-32-17-12-18-33(24-32)37-36(39-26-31-15-10-7-11-16-31)35(27(3)34(5-2)40-37)38-25-30-13-8-6-9-14-30/h6-22,24,27,34-37H,4-5,23,25-26H2,1-3H3/t27-,34-,35+,36-,37+/m1/s1. The lowest BCUT2D eigenvalue weighted by Gasteiger charge is -2.45. The maximum absolute atomic E-state index is 6.84. The van der Waals surface area contributed by atoms with E-state index in [0.29, 0.717) is 24.4 Å². The minimum absolute atomic E-state index is 0.00497. The highest BCUT2D eigenvalue weighted by atomic mass is 32.2. The van der Waals surface area contributed by atoms with Crippen molar-refractivity contribution in [2.75, 3.05) is 0 Å². The Labute approximate surface area is 245 Å². The molecule has 0 spiro atoms. The van der Waals surface area contributed by atoms with Gasteiger partial charge in [0.2, 0.25) is 0 Å². The van der Waals surface area contributed by atoms with E-state index in [-0.39, 0.29) is 17.5 Å². The van der Waals surface area contributed by atoms with Crippen LogP contribution in [0.2, 0.25) is 0 Å². The minimum atomic E-state index is -0.0502. The largest absolute Gasteiger partial charge is 0.370 e. The van der Waals surface area contributed by atoms with Crippen molar-refractivity contribution in [1.29, 1.82) is 0 Å². The fourth-order valence-corrected chi connectivity index (χ4v) is 7.44. The highest BCUT2D eigenvalue weighted by Gasteiger charge is 2.45. The zero-order valence-corrected chi connectivity index (χ0v) is 24.9. The molecule has 40 heavy (non-hydrogen) atoms. The molecule has 0 amide bonds. The topological polar surface area (TPSA) is 18.5 Å². The van der Waals surface area contributed by atoms with Crippen LogP contribution in [0, 0.1) is 5.92 Å². The van der Waals surface area contributed by atoms with Crippen molar-refractivity contribution >= 4 is 11.8 Å². The Kier molecular flexibility index (Phi) is 10.2. The normalized spacial score (nSPS) is 22.7. The van der Waals surface area contributed by atoms with E-state index in [9.17, 15) is 0 Å². The Morgan fingerprint density at radius 1 is 0.600 bits per heavy atom. The summed E-state index contributed by atoms with van der Waals surface area (Å²) < 4.78 is 13.6. The molecular formula is C37H42O2S. The molecule has 0 N–H and O–H groups in total. The number of rotatable bonds is 11. The van der Waals surface area contributed by atoms with Crippen molar-refractivity contribution in [3.05, 3.63) is 143 Å². The van der Waals surface area contributed by atoms with Gasteiger partial charge >= 0.3 is 0 Å². The van der Waals surface area contributed by atoms with Crippen LogP contribution in [0.25, 0.3) is 0 Å². The molecular weight excluding hydrogens is 508 g/mol. The summed E-state index contributed by atoms with van der Waals surface area (Å²) in [6, 6.07) is 39.3. The molecule has 0 bridgehead atoms. The van der Waals surface area contributed by atoms with Gasteiger partial charge in [-0.2, -0.15) is 0 Å². The second-order valence-corrected chi connectivity index (χ2v) is 12.4. The Morgan fingerprint density at radius 3 is 1.77 bits per heavy atom. The second-order valence-electron chi connectivity index (χ2n) is 11.0. The van der Waals surface area contributed by atoms with Crippen LogP contribution >= 0.6 is 11.8 Å². The van der Waals surface area contributed by atoms with Crippen molar-refractivity contribution in [3.63, 3.8) is 0 Å². The average molecular weight is 551 g/mol. The summed E-state index contributed by atoms with van der Waals surface area (Å²) >= 11 is 2.08. The highest BCUT2D eigenvalue weighted by molar-refractivity contribution is 8.00. The van der Waals surface area contributed by atoms with Crippen LogP contribution in [0.4, 0.5) is 0 Å². The van der Waals surface area contributed by atoms with Gasteiger partial charge in [-0.3, -0.25) is 0 Å². The van der Waals surface area contributed by atoms with Crippen LogP contribution in [0.15, 0.2) is 109 Å².